The van der Waals surface area contributed by atoms with E-state index in [1.807, 2.05) is 26.8 Å². The van der Waals surface area contributed by atoms with Gasteiger partial charge in [-0.25, -0.2) is 4.99 Å². The van der Waals surface area contributed by atoms with Crippen LogP contribution in [0, 0.1) is 13.8 Å². The molecule has 164 valence electrons. The van der Waals surface area contributed by atoms with E-state index in [1.54, 1.807) is 6.92 Å². The minimum atomic E-state index is -1.09. The summed E-state index contributed by atoms with van der Waals surface area (Å²) in [6.07, 6.45) is 2.23. The van der Waals surface area contributed by atoms with E-state index in [4.69, 9.17) is 13.9 Å². The van der Waals surface area contributed by atoms with Crippen molar-refractivity contribution in [1.29, 1.82) is 0 Å². The van der Waals surface area contributed by atoms with Crippen LogP contribution in [0.5, 0.6) is 0 Å². The van der Waals surface area contributed by atoms with E-state index >= 15 is 0 Å². The van der Waals surface area contributed by atoms with Gasteiger partial charge >= 0.3 is 0 Å². The van der Waals surface area contributed by atoms with E-state index in [9.17, 15) is 5.11 Å². The molecule has 1 aromatic heterocycles. The highest BCUT2D eigenvalue weighted by Crippen LogP contribution is 2.27. The number of aliphatic imine (C=N–C) groups is 1. The highest BCUT2D eigenvalue weighted by atomic mass is 127. The number of rotatable bonds is 13. The van der Waals surface area contributed by atoms with E-state index in [2.05, 4.69) is 22.5 Å². The number of ether oxygens (including phenoxy) is 2. The van der Waals surface area contributed by atoms with E-state index in [0.717, 1.165) is 43.1 Å². The second-order valence-electron chi connectivity index (χ2n) is 6.80. The third kappa shape index (κ3) is 10.6. The molecule has 7 nitrogen and oxygen atoms in total. The lowest BCUT2D eigenvalue weighted by molar-refractivity contribution is 0.0486. The van der Waals surface area contributed by atoms with Gasteiger partial charge in [-0.3, -0.25) is 0 Å². The van der Waals surface area contributed by atoms with Gasteiger partial charge in [0.05, 0.1) is 26.4 Å². The lowest BCUT2D eigenvalue weighted by Gasteiger charge is -2.21. The van der Waals surface area contributed by atoms with Crippen molar-refractivity contribution >= 4 is 29.9 Å². The number of guanidine groups is 1. The molecule has 1 heterocycles. The fourth-order valence-electron chi connectivity index (χ4n) is 2.64. The molecule has 1 aromatic rings. The zero-order valence-electron chi connectivity index (χ0n) is 18.0. The fraction of sp³-hybridized carbons (Fsp3) is 0.750. The molecule has 0 aliphatic rings. The van der Waals surface area contributed by atoms with E-state index in [1.165, 1.54) is 0 Å². The maximum Gasteiger partial charge on any atom is 0.191 e. The largest absolute Gasteiger partial charge is 0.466 e. The van der Waals surface area contributed by atoms with Crippen molar-refractivity contribution in [3.63, 3.8) is 0 Å². The Kier molecular flexibility index (Phi) is 14.6. The van der Waals surface area contributed by atoms with Crippen molar-refractivity contribution in [2.75, 3.05) is 46.1 Å². The molecule has 0 fully saturated rings. The molecule has 28 heavy (non-hydrogen) atoms. The number of halogens is 1. The summed E-state index contributed by atoms with van der Waals surface area (Å²) < 4.78 is 16.5. The number of hydrogen-bond acceptors (Lipinski definition) is 5. The van der Waals surface area contributed by atoms with Crippen molar-refractivity contribution in [3.05, 3.63) is 23.2 Å². The monoisotopic (exact) mass is 511 g/mol. The van der Waals surface area contributed by atoms with E-state index in [0.29, 0.717) is 32.3 Å². The van der Waals surface area contributed by atoms with E-state index < -0.39 is 5.60 Å². The van der Waals surface area contributed by atoms with Crippen molar-refractivity contribution < 1.29 is 19.0 Å². The third-order valence-electron chi connectivity index (χ3n) is 4.06. The minimum Gasteiger partial charge on any atom is -0.466 e. The summed E-state index contributed by atoms with van der Waals surface area (Å²) in [6.45, 7) is 13.8. The highest BCUT2D eigenvalue weighted by Gasteiger charge is 2.27. The number of hydrogen-bond donors (Lipinski definition) is 3. The predicted molar refractivity (Wildman–Crippen MR) is 124 cm³/mol. The summed E-state index contributed by atoms with van der Waals surface area (Å²) in [4.78, 5) is 4.50. The first-order chi connectivity index (χ1) is 12.9. The lowest BCUT2D eigenvalue weighted by Crippen LogP contribution is -2.40. The number of furan rings is 1. The number of unbranched alkanes of at least 4 members (excludes halogenated alkanes) is 1. The zero-order valence-corrected chi connectivity index (χ0v) is 20.3. The van der Waals surface area contributed by atoms with Crippen LogP contribution in [-0.4, -0.2) is 57.1 Å². The Morgan fingerprint density at radius 3 is 2.39 bits per heavy atom. The highest BCUT2D eigenvalue weighted by molar-refractivity contribution is 14.0. The Labute approximate surface area is 186 Å². The Balaban J connectivity index is 0.00000729. The number of nitrogens with zero attached hydrogens (tertiary/aromatic N) is 1. The van der Waals surface area contributed by atoms with Crippen LogP contribution >= 0.6 is 24.0 Å². The third-order valence-corrected chi connectivity index (χ3v) is 4.06. The normalized spacial score (nSPS) is 13.7. The van der Waals surface area contributed by atoms with Gasteiger partial charge in [0.15, 0.2) is 5.96 Å². The van der Waals surface area contributed by atoms with Crippen LogP contribution in [0.1, 0.15) is 50.7 Å². The topological polar surface area (TPSA) is 88.2 Å². The first kappa shape index (κ1) is 27.2. The van der Waals surface area contributed by atoms with Crippen LogP contribution in [0.4, 0.5) is 0 Å². The molecule has 3 N–H and O–H groups in total. The summed E-state index contributed by atoms with van der Waals surface area (Å²) in [6, 6.07) is 1.86. The maximum atomic E-state index is 10.8. The first-order valence-corrected chi connectivity index (χ1v) is 9.88. The average Bonchev–Trinajstić information content (AvgIpc) is 2.97. The second kappa shape index (κ2) is 15.1. The Morgan fingerprint density at radius 2 is 1.82 bits per heavy atom. The smallest absolute Gasteiger partial charge is 0.191 e. The van der Waals surface area contributed by atoms with Crippen LogP contribution < -0.4 is 10.6 Å². The van der Waals surface area contributed by atoms with Gasteiger partial charge in [0, 0.05) is 25.3 Å². The van der Waals surface area contributed by atoms with Gasteiger partial charge in [-0.05, 0) is 40.2 Å². The zero-order chi connectivity index (χ0) is 20.1. The van der Waals surface area contributed by atoms with Crippen molar-refractivity contribution in [2.24, 2.45) is 4.99 Å². The standard InChI is InChI=1S/C20H37N3O4.HI/c1-6-8-10-25-12-13-26-11-9-22-19(21-7-2)23-15-20(5,24)18-14-16(3)27-17(18)4;/h14,24H,6-13,15H2,1-5H3,(H2,21,22,23);1H. The van der Waals surface area contributed by atoms with Gasteiger partial charge in [0.1, 0.15) is 17.1 Å². The van der Waals surface area contributed by atoms with Gasteiger partial charge in [-0.1, -0.05) is 13.3 Å². The summed E-state index contributed by atoms with van der Waals surface area (Å²) in [5.74, 6) is 2.16. The molecular formula is C20H38IN3O4. The molecule has 0 spiro atoms. The Hall–Kier alpha value is -0.840. The summed E-state index contributed by atoms with van der Waals surface area (Å²) in [5, 5.41) is 17.2. The van der Waals surface area contributed by atoms with Crippen LogP contribution in [0.25, 0.3) is 0 Å². The molecule has 0 amide bonds. The van der Waals surface area contributed by atoms with Gasteiger partial charge in [-0.15, -0.1) is 24.0 Å². The van der Waals surface area contributed by atoms with Crippen molar-refractivity contribution in [1.82, 2.24) is 10.6 Å². The average molecular weight is 511 g/mol. The molecule has 1 rings (SSSR count). The predicted octanol–water partition coefficient (Wildman–Crippen LogP) is 3.11. The van der Waals surface area contributed by atoms with Crippen molar-refractivity contribution in [2.45, 2.75) is 53.1 Å². The number of nitrogens with one attached hydrogen (secondary N) is 2. The van der Waals surface area contributed by atoms with Crippen LogP contribution in [-0.2, 0) is 15.1 Å². The molecule has 0 bridgehead atoms. The fourth-order valence-corrected chi connectivity index (χ4v) is 2.64. The molecule has 1 unspecified atom stereocenters. The summed E-state index contributed by atoms with van der Waals surface area (Å²) in [5.41, 5.74) is -0.317. The maximum absolute atomic E-state index is 10.8. The number of aliphatic hydroxyl groups is 1. The van der Waals surface area contributed by atoms with Crippen LogP contribution in [0.3, 0.4) is 0 Å². The molecule has 0 aliphatic carbocycles. The van der Waals surface area contributed by atoms with E-state index in [-0.39, 0.29) is 30.5 Å². The minimum absolute atomic E-state index is 0. The van der Waals surface area contributed by atoms with Gasteiger partial charge in [-0.2, -0.15) is 0 Å². The molecule has 1 atom stereocenters. The summed E-state index contributed by atoms with van der Waals surface area (Å²) >= 11 is 0. The van der Waals surface area contributed by atoms with Crippen LogP contribution in [0.2, 0.25) is 0 Å². The molecule has 0 aliphatic heterocycles. The molecule has 0 saturated heterocycles. The SMILES string of the molecule is CCCCOCCOCCNC(=NCC(C)(O)c1cc(C)oc1C)NCC.I. The second-order valence-corrected chi connectivity index (χ2v) is 6.80. The van der Waals surface area contributed by atoms with Crippen LogP contribution in [0.15, 0.2) is 15.5 Å². The Morgan fingerprint density at radius 1 is 1.14 bits per heavy atom. The van der Waals surface area contributed by atoms with Gasteiger partial charge in [0.25, 0.3) is 0 Å². The Bertz CT molecular complexity index is 562. The molecule has 0 saturated carbocycles. The molecule has 0 aromatic carbocycles. The summed E-state index contributed by atoms with van der Waals surface area (Å²) in [7, 11) is 0. The van der Waals surface area contributed by atoms with Gasteiger partial charge < -0.3 is 29.6 Å². The lowest BCUT2D eigenvalue weighted by atomic mass is 9.96. The molecule has 0 radical (unpaired) electrons. The molecular weight excluding hydrogens is 473 g/mol. The van der Waals surface area contributed by atoms with Gasteiger partial charge in [0.2, 0.25) is 0 Å². The molecule has 8 heteroatoms. The quantitative estimate of drug-likeness (QED) is 0.163. The first-order valence-electron chi connectivity index (χ1n) is 9.88. The van der Waals surface area contributed by atoms with Crippen molar-refractivity contribution in [3.8, 4) is 0 Å². The number of aryl methyl sites for hydroxylation is 2.